The molecule has 0 aliphatic heterocycles. The van der Waals surface area contributed by atoms with Crippen LogP contribution in [0.4, 0.5) is 24.9 Å². The molecular weight excluding hydrogens is 371 g/mol. The van der Waals surface area contributed by atoms with Gasteiger partial charge in [0.1, 0.15) is 11.4 Å². The lowest BCUT2D eigenvalue weighted by atomic mass is 10.1. The molecule has 7 nitrogen and oxygen atoms in total. The molecule has 2 saturated carbocycles. The van der Waals surface area contributed by atoms with Crippen molar-refractivity contribution in [2.75, 3.05) is 17.2 Å². The number of rotatable bonds is 7. The van der Waals surface area contributed by atoms with E-state index in [1.165, 1.54) is 6.20 Å². The largest absolute Gasteiger partial charge is 0.421 e. The van der Waals surface area contributed by atoms with Gasteiger partial charge in [0.05, 0.1) is 22.9 Å². The van der Waals surface area contributed by atoms with E-state index in [4.69, 9.17) is 11.0 Å². The first kappa shape index (κ1) is 19.9. The molecule has 1 aromatic rings. The number of hydrogen-bond acceptors (Lipinski definition) is 7. The molecule has 0 radical (unpaired) electrons. The lowest BCUT2D eigenvalue weighted by molar-refractivity contribution is -0.137. The van der Waals surface area contributed by atoms with E-state index in [9.17, 15) is 13.2 Å². The van der Waals surface area contributed by atoms with Gasteiger partial charge in [-0.05, 0) is 39.0 Å². The minimum atomic E-state index is -4.54. The Bertz CT molecular complexity index is 852. The number of aliphatic imine (C=N–C) groups is 1. The topological polar surface area (TPSA) is 112 Å². The van der Waals surface area contributed by atoms with Gasteiger partial charge in [0.2, 0.25) is 5.95 Å². The summed E-state index contributed by atoms with van der Waals surface area (Å²) in [5, 5.41) is 14.7. The van der Waals surface area contributed by atoms with Crippen LogP contribution in [0, 0.1) is 22.7 Å². The van der Waals surface area contributed by atoms with E-state index in [0.29, 0.717) is 18.0 Å². The average Bonchev–Trinajstić information content (AvgIpc) is 3.55. The Balaban J connectivity index is 1.73. The van der Waals surface area contributed by atoms with E-state index in [-0.39, 0.29) is 29.1 Å². The maximum Gasteiger partial charge on any atom is 0.421 e. The number of alkyl halides is 3. The summed E-state index contributed by atoms with van der Waals surface area (Å²) in [7, 11) is 0. The molecule has 0 spiro atoms. The predicted octanol–water partition coefficient (Wildman–Crippen LogP) is 3.29. The Labute approximate surface area is 161 Å². The molecule has 2 fully saturated rings. The van der Waals surface area contributed by atoms with Gasteiger partial charge in [-0.1, -0.05) is 0 Å². The molecule has 28 heavy (non-hydrogen) atoms. The van der Waals surface area contributed by atoms with Crippen molar-refractivity contribution in [1.82, 2.24) is 9.97 Å². The fourth-order valence-corrected chi connectivity index (χ4v) is 2.74. The van der Waals surface area contributed by atoms with Crippen LogP contribution in [0.5, 0.6) is 0 Å². The van der Waals surface area contributed by atoms with E-state index < -0.39 is 11.7 Å². The number of halogens is 3. The number of nitrogens with zero attached hydrogens (tertiary/aromatic N) is 4. The van der Waals surface area contributed by atoms with Crippen molar-refractivity contribution in [2.24, 2.45) is 22.1 Å². The van der Waals surface area contributed by atoms with Crippen LogP contribution in [-0.4, -0.2) is 28.3 Å². The molecule has 0 saturated heterocycles. The number of nitrogens with two attached hydrogens (primary N) is 1. The first-order chi connectivity index (χ1) is 13.2. The number of anilines is 2. The molecule has 0 unspecified atom stereocenters. The van der Waals surface area contributed by atoms with Crippen LogP contribution < -0.4 is 16.4 Å². The van der Waals surface area contributed by atoms with Crippen LogP contribution in [0.25, 0.3) is 0 Å². The summed E-state index contributed by atoms with van der Waals surface area (Å²) < 4.78 is 39.5. The summed E-state index contributed by atoms with van der Waals surface area (Å²) >= 11 is 0. The van der Waals surface area contributed by atoms with Gasteiger partial charge < -0.3 is 16.4 Å². The minimum Gasteiger partial charge on any atom is -0.403 e. The molecule has 1 heterocycles. The molecule has 0 bridgehead atoms. The highest BCUT2D eigenvalue weighted by Crippen LogP contribution is 2.51. The Hall–Kier alpha value is -2.83. The normalized spacial score (nSPS) is 25.2. The van der Waals surface area contributed by atoms with Crippen molar-refractivity contribution in [3.8, 4) is 6.07 Å². The Morgan fingerprint density at radius 1 is 1.50 bits per heavy atom. The van der Waals surface area contributed by atoms with Crippen LogP contribution in [0.1, 0.15) is 38.7 Å². The van der Waals surface area contributed by atoms with Crippen molar-refractivity contribution < 1.29 is 13.2 Å². The summed E-state index contributed by atoms with van der Waals surface area (Å²) in [6, 6.07) is 2.28. The maximum absolute atomic E-state index is 13.2. The van der Waals surface area contributed by atoms with Gasteiger partial charge in [-0.2, -0.15) is 23.4 Å². The van der Waals surface area contributed by atoms with Crippen LogP contribution in [0.3, 0.4) is 0 Å². The second kappa shape index (κ2) is 7.30. The molecule has 10 heteroatoms. The molecule has 1 aromatic heterocycles. The highest BCUT2D eigenvalue weighted by Gasteiger charge is 2.50. The zero-order chi connectivity index (χ0) is 20.5. The second-order valence-corrected chi connectivity index (χ2v) is 7.43. The molecule has 0 aromatic carbocycles. The third-order valence-electron chi connectivity index (χ3n) is 5.03. The molecule has 2 aliphatic carbocycles. The van der Waals surface area contributed by atoms with E-state index in [2.05, 4.69) is 31.7 Å². The number of nitrogens with one attached hydrogen (secondary N) is 2. The molecule has 2 atom stereocenters. The number of hydrogen-bond donors (Lipinski definition) is 3. The van der Waals surface area contributed by atoms with Crippen molar-refractivity contribution in [1.29, 1.82) is 5.26 Å². The lowest BCUT2D eigenvalue weighted by Crippen LogP contribution is -2.18. The third-order valence-corrected chi connectivity index (χ3v) is 5.03. The fraction of sp³-hybridized carbons (Fsp3) is 0.556. The Kier molecular flexibility index (Phi) is 5.19. The number of aromatic nitrogens is 2. The zero-order valence-electron chi connectivity index (χ0n) is 15.6. The van der Waals surface area contributed by atoms with E-state index in [1.54, 1.807) is 6.92 Å². The van der Waals surface area contributed by atoms with Gasteiger partial charge in [0.15, 0.2) is 0 Å². The van der Waals surface area contributed by atoms with Gasteiger partial charge in [-0.15, -0.1) is 0 Å². The summed E-state index contributed by atoms with van der Waals surface area (Å²) in [5.74, 6) is -0.0555. The summed E-state index contributed by atoms with van der Waals surface area (Å²) in [6.07, 6.45) is -0.0997. The highest BCUT2D eigenvalue weighted by atomic mass is 19.4. The lowest BCUT2D eigenvalue weighted by Gasteiger charge is -2.15. The van der Waals surface area contributed by atoms with Crippen LogP contribution in [0.2, 0.25) is 0 Å². The van der Waals surface area contributed by atoms with E-state index in [0.717, 1.165) is 25.5 Å². The minimum absolute atomic E-state index is 0.00400. The molecule has 0 amide bonds. The summed E-state index contributed by atoms with van der Waals surface area (Å²) in [5.41, 5.74) is 5.37. The highest BCUT2D eigenvalue weighted by molar-refractivity contribution is 6.00. The van der Waals surface area contributed by atoms with E-state index in [1.807, 2.05) is 6.92 Å². The number of nitriles is 1. The maximum atomic E-state index is 13.2. The van der Waals surface area contributed by atoms with Gasteiger partial charge in [-0.3, -0.25) is 4.99 Å². The summed E-state index contributed by atoms with van der Waals surface area (Å²) in [6.45, 7) is 4.10. The molecule has 2 aliphatic rings. The van der Waals surface area contributed by atoms with Crippen molar-refractivity contribution >= 4 is 17.5 Å². The fourth-order valence-electron chi connectivity index (χ4n) is 2.74. The summed E-state index contributed by atoms with van der Waals surface area (Å²) in [4.78, 5) is 12.2. The monoisotopic (exact) mass is 393 g/mol. The quantitative estimate of drug-likeness (QED) is 0.613. The van der Waals surface area contributed by atoms with Gasteiger partial charge >= 0.3 is 6.18 Å². The van der Waals surface area contributed by atoms with Crippen LogP contribution in [0.15, 0.2) is 23.1 Å². The predicted molar refractivity (Wildman–Crippen MR) is 99.4 cm³/mol. The Morgan fingerprint density at radius 3 is 2.75 bits per heavy atom. The number of allylic oxidation sites excluding steroid dienone is 1. The Morgan fingerprint density at radius 2 is 2.21 bits per heavy atom. The second-order valence-electron chi connectivity index (χ2n) is 7.43. The third kappa shape index (κ3) is 4.52. The van der Waals surface area contributed by atoms with Crippen molar-refractivity contribution in [2.45, 2.75) is 45.3 Å². The first-order valence-corrected chi connectivity index (χ1v) is 8.98. The molecule has 4 N–H and O–H groups in total. The van der Waals surface area contributed by atoms with Gasteiger partial charge in [0.25, 0.3) is 0 Å². The molecule has 3 rings (SSSR count). The van der Waals surface area contributed by atoms with Crippen molar-refractivity contribution in [3.05, 3.63) is 23.7 Å². The molecule has 150 valence electrons. The van der Waals surface area contributed by atoms with E-state index >= 15 is 0 Å². The smallest absolute Gasteiger partial charge is 0.403 e. The van der Waals surface area contributed by atoms with Gasteiger partial charge in [-0.25, -0.2) is 4.98 Å². The van der Waals surface area contributed by atoms with Crippen LogP contribution >= 0.6 is 0 Å². The standard InChI is InChI=1S/C18H22F3N7/c1-10(24-7-11-5-17(11,2)9-23)14(6-22)27-16-25-8-13(18(19,20)21)15(28-16)26-12-3-4-12/h6,8,11-12H,3-5,7,22H2,1-2H3,(H2,25,26,27,28)/b14-6+,24-10-/t11-,17+/m1/s1. The van der Waals surface area contributed by atoms with Crippen molar-refractivity contribution in [3.63, 3.8) is 0 Å². The SMILES string of the molecule is CC(=N/C[C@H]1C[C@@]1(C)C#N)/C(=C\N)Nc1ncc(C(F)(F)F)c(NC2CC2)n1. The van der Waals surface area contributed by atoms with Gasteiger partial charge in [0, 0.05) is 25.0 Å². The first-order valence-electron chi connectivity index (χ1n) is 8.98. The van der Waals surface area contributed by atoms with Crippen LogP contribution in [-0.2, 0) is 6.18 Å². The average molecular weight is 393 g/mol. The zero-order valence-corrected chi connectivity index (χ0v) is 15.6. The molecular formula is C18H22F3N7.